The fourth-order valence-corrected chi connectivity index (χ4v) is 2.11. The lowest BCUT2D eigenvalue weighted by Crippen LogP contribution is -2.34. The predicted molar refractivity (Wildman–Crippen MR) is 60.3 cm³/mol. The Hall–Kier alpha value is -0.800. The zero-order valence-corrected chi connectivity index (χ0v) is 9.58. The second-order valence-electron chi connectivity index (χ2n) is 4.08. The van der Waals surface area contributed by atoms with Crippen molar-refractivity contribution in [2.75, 3.05) is 0 Å². The minimum atomic E-state index is -0.460. The second-order valence-corrected chi connectivity index (χ2v) is 4.49. The fraction of sp³-hybridized carbons (Fsp3) is 0.500. The first kappa shape index (κ1) is 11.7. The van der Waals surface area contributed by atoms with Crippen LogP contribution in [0.1, 0.15) is 25.7 Å². The Morgan fingerprint density at radius 1 is 1.31 bits per heavy atom. The summed E-state index contributed by atoms with van der Waals surface area (Å²) in [6.45, 7) is 0. The molecule has 1 fully saturated rings. The molecule has 2 unspecified atom stereocenters. The molecule has 0 bridgehead atoms. The summed E-state index contributed by atoms with van der Waals surface area (Å²) < 4.78 is 18.5. The Kier molecular flexibility index (Phi) is 3.66. The summed E-state index contributed by atoms with van der Waals surface area (Å²) in [6.07, 6.45) is 3.05. The number of hydrogen-bond donors (Lipinski definition) is 1. The van der Waals surface area contributed by atoms with E-state index in [4.69, 9.17) is 16.3 Å². The first-order chi connectivity index (χ1) is 7.66. The number of aliphatic hydroxyl groups is 1. The number of benzene rings is 1. The number of aliphatic hydroxyl groups excluding tert-OH is 1. The van der Waals surface area contributed by atoms with Gasteiger partial charge in [0.05, 0.1) is 11.1 Å². The Morgan fingerprint density at radius 3 is 2.75 bits per heavy atom. The molecule has 1 N–H and O–H groups in total. The van der Waals surface area contributed by atoms with Crippen LogP contribution in [-0.4, -0.2) is 17.3 Å². The second kappa shape index (κ2) is 5.02. The third-order valence-corrected chi connectivity index (χ3v) is 3.14. The molecule has 1 aliphatic rings. The first-order valence-electron chi connectivity index (χ1n) is 5.46. The van der Waals surface area contributed by atoms with Crippen molar-refractivity contribution >= 4 is 11.6 Å². The van der Waals surface area contributed by atoms with E-state index in [1.165, 1.54) is 18.2 Å². The van der Waals surface area contributed by atoms with Crippen molar-refractivity contribution in [3.05, 3.63) is 29.0 Å². The van der Waals surface area contributed by atoms with E-state index in [1.54, 1.807) is 0 Å². The summed E-state index contributed by atoms with van der Waals surface area (Å²) in [5.74, 6) is 0.0514. The van der Waals surface area contributed by atoms with Crippen LogP contribution >= 0.6 is 11.6 Å². The Labute approximate surface area is 99.0 Å². The molecular formula is C12H14ClFO2. The van der Waals surface area contributed by atoms with E-state index in [9.17, 15) is 9.50 Å². The third kappa shape index (κ3) is 2.66. The largest absolute Gasteiger partial charge is 0.488 e. The van der Waals surface area contributed by atoms with Crippen LogP contribution < -0.4 is 4.74 Å². The van der Waals surface area contributed by atoms with Crippen LogP contribution in [0.2, 0.25) is 5.02 Å². The lowest BCUT2D eigenvalue weighted by molar-refractivity contribution is 0.00685. The SMILES string of the molecule is OC1CCCCC1Oc1ccc(F)c(Cl)c1. The van der Waals surface area contributed by atoms with Crippen molar-refractivity contribution < 1.29 is 14.2 Å². The molecule has 2 atom stereocenters. The van der Waals surface area contributed by atoms with E-state index < -0.39 is 11.9 Å². The van der Waals surface area contributed by atoms with Crippen LogP contribution in [0.5, 0.6) is 5.75 Å². The summed E-state index contributed by atoms with van der Waals surface area (Å²) in [4.78, 5) is 0. The van der Waals surface area contributed by atoms with Crippen molar-refractivity contribution in [1.82, 2.24) is 0 Å². The topological polar surface area (TPSA) is 29.5 Å². The lowest BCUT2D eigenvalue weighted by Gasteiger charge is -2.28. The van der Waals surface area contributed by atoms with E-state index in [-0.39, 0.29) is 11.1 Å². The van der Waals surface area contributed by atoms with Gasteiger partial charge in [0.1, 0.15) is 17.7 Å². The maximum absolute atomic E-state index is 12.9. The zero-order valence-electron chi connectivity index (χ0n) is 8.83. The van der Waals surface area contributed by atoms with Gasteiger partial charge in [0.25, 0.3) is 0 Å². The molecule has 1 saturated carbocycles. The average molecular weight is 245 g/mol. The Bertz CT molecular complexity index is 370. The van der Waals surface area contributed by atoms with Crippen molar-refractivity contribution in [3.8, 4) is 5.75 Å². The van der Waals surface area contributed by atoms with Crippen LogP contribution in [0.25, 0.3) is 0 Å². The van der Waals surface area contributed by atoms with E-state index in [0.29, 0.717) is 5.75 Å². The minimum absolute atomic E-state index is 0.0443. The maximum atomic E-state index is 12.9. The number of hydrogen-bond acceptors (Lipinski definition) is 2. The molecule has 0 saturated heterocycles. The van der Waals surface area contributed by atoms with Crippen molar-refractivity contribution in [2.24, 2.45) is 0 Å². The van der Waals surface area contributed by atoms with Gasteiger partial charge in [-0.15, -0.1) is 0 Å². The Morgan fingerprint density at radius 2 is 2.06 bits per heavy atom. The van der Waals surface area contributed by atoms with Crippen molar-refractivity contribution in [1.29, 1.82) is 0 Å². The quantitative estimate of drug-likeness (QED) is 0.866. The summed E-state index contributed by atoms with van der Waals surface area (Å²) >= 11 is 5.65. The van der Waals surface area contributed by atoms with E-state index in [0.717, 1.165) is 25.7 Å². The highest BCUT2D eigenvalue weighted by Crippen LogP contribution is 2.26. The van der Waals surface area contributed by atoms with Gasteiger partial charge in [0.15, 0.2) is 0 Å². The van der Waals surface area contributed by atoms with Gasteiger partial charge in [-0.2, -0.15) is 0 Å². The first-order valence-corrected chi connectivity index (χ1v) is 5.84. The standard InChI is InChI=1S/C12H14ClFO2/c13-9-7-8(5-6-10(9)14)16-12-4-2-1-3-11(12)15/h5-7,11-12,15H,1-4H2. The van der Waals surface area contributed by atoms with Crippen LogP contribution in [0.4, 0.5) is 4.39 Å². The highest BCUT2D eigenvalue weighted by atomic mass is 35.5. The van der Waals surface area contributed by atoms with Crippen molar-refractivity contribution in [3.63, 3.8) is 0 Å². The van der Waals surface area contributed by atoms with Gasteiger partial charge in [-0.3, -0.25) is 0 Å². The molecule has 0 heterocycles. The monoisotopic (exact) mass is 244 g/mol. The molecule has 0 aromatic heterocycles. The smallest absolute Gasteiger partial charge is 0.142 e. The van der Waals surface area contributed by atoms with Crippen LogP contribution in [0, 0.1) is 5.82 Å². The minimum Gasteiger partial charge on any atom is -0.488 e. The molecule has 0 aliphatic heterocycles. The van der Waals surface area contributed by atoms with Gasteiger partial charge in [0, 0.05) is 6.07 Å². The van der Waals surface area contributed by atoms with Crippen LogP contribution in [0.15, 0.2) is 18.2 Å². The molecular weight excluding hydrogens is 231 g/mol. The molecule has 0 radical (unpaired) electrons. The summed E-state index contributed by atoms with van der Waals surface area (Å²) in [7, 11) is 0. The molecule has 2 nitrogen and oxygen atoms in total. The van der Waals surface area contributed by atoms with Crippen molar-refractivity contribution in [2.45, 2.75) is 37.9 Å². The van der Waals surface area contributed by atoms with Crippen LogP contribution in [-0.2, 0) is 0 Å². The molecule has 1 aromatic rings. The maximum Gasteiger partial charge on any atom is 0.142 e. The summed E-state index contributed by atoms with van der Waals surface area (Å²) in [6, 6.07) is 4.24. The molecule has 0 amide bonds. The molecule has 1 aromatic carbocycles. The highest BCUT2D eigenvalue weighted by Gasteiger charge is 2.24. The average Bonchev–Trinajstić information content (AvgIpc) is 2.27. The summed E-state index contributed by atoms with van der Waals surface area (Å²) in [5, 5.41) is 9.77. The normalized spacial score (nSPS) is 25.4. The Balaban J connectivity index is 2.05. The number of ether oxygens (including phenoxy) is 1. The highest BCUT2D eigenvalue weighted by molar-refractivity contribution is 6.30. The van der Waals surface area contributed by atoms with Crippen LogP contribution in [0.3, 0.4) is 0 Å². The number of rotatable bonds is 2. The third-order valence-electron chi connectivity index (χ3n) is 2.85. The van der Waals surface area contributed by atoms with Gasteiger partial charge >= 0.3 is 0 Å². The lowest BCUT2D eigenvalue weighted by atomic mass is 9.95. The van der Waals surface area contributed by atoms with E-state index >= 15 is 0 Å². The molecule has 1 aliphatic carbocycles. The van der Waals surface area contributed by atoms with Gasteiger partial charge in [-0.05, 0) is 31.4 Å². The van der Waals surface area contributed by atoms with E-state index in [1.807, 2.05) is 0 Å². The molecule has 88 valence electrons. The molecule has 4 heteroatoms. The zero-order chi connectivity index (χ0) is 11.5. The van der Waals surface area contributed by atoms with Gasteiger partial charge in [-0.25, -0.2) is 4.39 Å². The fourth-order valence-electron chi connectivity index (χ4n) is 1.94. The summed E-state index contributed by atoms with van der Waals surface area (Å²) in [5.41, 5.74) is 0. The molecule has 16 heavy (non-hydrogen) atoms. The molecule has 2 rings (SSSR count). The predicted octanol–water partition coefficient (Wildman–Crippen LogP) is 3.16. The molecule has 0 spiro atoms. The van der Waals surface area contributed by atoms with Gasteiger partial charge < -0.3 is 9.84 Å². The van der Waals surface area contributed by atoms with E-state index in [2.05, 4.69) is 0 Å². The number of halogens is 2. The van der Waals surface area contributed by atoms with Gasteiger partial charge in [0.2, 0.25) is 0 Å². The van der Waals surface area contributed by atoms with Gasteiger partial charge in [-0.1, -0.05) is 18.0 Å².